The normalized spacial score (nSPS) is 16.5. The Kier molecular flexibility index (Phi) is 7.39. The van der Waals surface area contributed by atoms with Gasteiger partial charge in [0, 0.05) is 12.6 Å². The minimum absolute atomic E-state index is 0. The van der Waals surface area contributed by atoms with Crippen LogP contribution in [0.15, 0.2) is 18.2 Å². The summed E-state index contributed by atoms with van der Waals surface area (Å²) < 4.78 is 18.3. The van der Waals surface area contributed by atoms with Gasteiger partial charge in [0.25, 0.3) is 5.91 Å². The third-order valence-corrected chi connectivity index (χ3v) is 4.07. The van der Waals surface area contributed by atoms with Crippen LogP contribution in [0.1, 0.15) is 19.8 Å². The van der Waals surface area contributed by atoms with E-state index in [1.54, 1.807) is 0 Å². The molecule has 0 unspecified atom stereocenters. The summed E-state index contributed by atoms with van der Waals surface area (Å²) in [4.78, 5) is 11.8. The minimum Gasteiger partial charge on any atom is -0.484 e. The van der Waals surface area contributed by atoms with Gasteiger partial charge in [0.05, 0.1) is 5.02 Å². The fraction of sp³-hybridized carbons (Fsp3) is 0.533. The lowest BCUT2D eigenvalue weighted by Gasteiger charge is -2.34. The van der Waals surface area contributed by atoms with Crippen LogP contribution in [0.3, 0.4) is 0 Å². The van der Waals surface area contributed by atoms with Gasteiger partial charge in [0.1, 0.15) is 11.6 Å². The molecule has 0 radical (unpaired) electrons. The molecule has 2 rings (SSSR count). The molecule has 124 valence electrons. The first-order chi connectivity index (χ1) is 9.98. The molecule has 0 aliphatic carbocycles. The number of nitrogens with one attached hydrogen (secondary N) is 2. The van der Waals surface area contributed by atoms with E-state index in [2.05, 4.69) is 17.6 Å². The Bertz CT molecular complexity index is 508. The van der Waals surface area contributed by atoms with Gasteiger partial charge in [0.2, 0.25) is 0 Å². The Labute approximate surface area is 141 Å². The topological polar surface area (TPSA) is 50.4 Å². The Morgan fingerprint density at radius 1 is 1.45 bits per heavy atom. The average molecular weight is 351 g/mol. The van der Waals surface area contributed by atoms with E-state index in [9.17, 15) is 9.18 Å². The highest BCUT2D eigenvalue weighted by Gasteiger charge is 2.26. The van der Waals surface area contributed by atoms with Crippen molar-refractivity contribution in [2.45, 2.75) is 19.8 Å². The van der Waals surface area contributed by atoms with E-state index in [0.717, 1.165) is 25.9 Å². The van der Waals surface area contributed by atoms with Crippen LogP contribution in [0.4, 0.5) is 4.39 Å². The molecular weight excluding hydrogens is 330 g/mol. The van der Waals surface area contributed by atoms with Gasteiger partial charge in [-0.1, -0.05) is 18.5 Å². The first-order valence-corrected chi connectivity index (χ1v) is 7.42. The van der Waals surface area contributed by atoms with Crippen LogP contribution in [0.25, 0.3) is 0 Å². The average Bonchev–Trinajstić information content (AvgIpc) is 2.47. The fourth-order valence-electron chi connectivity index (χ4n) is 2.29. The van der Waals surface area contributed by atoms with Crippen molar-refractivity contribution >= 4 is 29.9 Å². The highest BCUT2D eigenvalue weighted by atomic mass is 35.5. The summed E-state index contributed by atoms with van der Waals surface area (Å²) in [6, 6.07) is 4.02. The third kappa shape index (κ3) is 5.63. The maximum atomic E-state index is 13.0. The van der Waals surface area contributed by atoms with Crippen molar-refractivity contribution in [3.05, 3.63) is 29.0 Å². The maximum Gasteiger partial charge on any atom is 0.257 e. The Morgan fingerprint density at radius 2 is 2.14 bits per heavy atom. The summed E-state index contributed by atoms with van der Waals surface area (Å²) in [7, 11) is 0. The van der Waals surface area contributed by atoms with Crippen LogP contribution in [0, 0.1) is 11.2 Å². The highest BCUT2D eigenvalue weighted by molar-refractivity contribution is 6.30. The van der Waals surface area contributed by atoms with Gasteiger partial charge in [0.15, 0.2) is 6.61 Å². The smallest absolute Gasteiger partial charge is 0.257 e. The first-order valence-electron chi connectivity index (χ1n) is 7.04. The van der Waals surface area contributed by atoms with Crippen LogP contribution in [0.5, 0.6) is 5.75 Å². The number of rotatable bonds is 5. The second-order valence-corrected chi connectivity index (χ2v) is 6.11. The molecule has 7 heteroatoms. The minimum atomic E-state index is -0.507. The molecule has 1 fully saturated rings. The van der Waals surface area contributed by atoms with E-state index in [1.165, 1.54) is 18.2 Å². The van der Waals surface area contributed by atoms with Gasteiger partial charge in [-0.3, -0.25) is 4.79 Å². The molecule has 1 aliphatic rings. The predicted octanol–water partition coefficient (Wildman–Crippen LogP) is 2.79. The second-order valence-electron chi connectivity index (χ2n) is 5.70. The Morgan fingerprint density at radius 3 is 2.77 bits per heavy atom. The summed E-state index contributed by atoms with van der Waals surface area (Å²) >= 11 is 5.65. The molecule has 0 spiro atoms. The van der Waals surface area contributed by atoms with Crippen molar-refractivity contribution in [3.8, 4) is 5.75 Å². The van der Waals surface area contributed by atoms with Crippen molar-refractivity contribution in [1.82, 2.24) is 10.6 Å². The number of piperidine rings is 1. The molecule has 4 nitrogen and oxygen atoms in total. The lowest BCUT2D eigenvalue weighted by Crippen LogP contribution is -2.43. The SMILES string of the molecule is CC1(CNC(=O)COc2ccc(F)c(Cl)c2)CCNCC1.Cl. The largest absolute Gasteiger partial charge is 0.484 e. The third-order valence-electron chi connectivity index (χ3n) is 3.78. The highest BCUT2D eigenvalue weighted by Crippen LogP contribution is 2.26. The summed E-state index contributed by atoms with van der Waals surface area (Å²) in [6.07, 6.45) is 2.09. The Balaban J connectivity index is 0.00000242. The molecular formula is C15H21Cl2FN2O2. The number of halogens is 3. The summed E-state index contributed by atoms with van der Waals surface area (Å²) in [5.41, 5.74) is 0.139. The van der Waals surface area contributed by atoms with Crippen LogP contribution in [-0.2, 0) is 4.79 Å². The van der Waals surface area contributed by atoms with Crippen molar-refractivity contribution in [2.24, 2.45) is 5.41 Å². The van der Waals surface area contributed by atoms with Crippen LogP contribution < -0.4 is 15.4 Å². The van der Waals surface area contributed by atoms with Gasteiger partial charge in [-0.05, 0) is 43.5 Å². The number of carbonyl (C=O) groups is 1. The number of carbonyl (C=O) groups excluding carboxylic acids is 1. The number of hydrogen-bond acceptors (Lipinski definition) is 3. The molecule has 1 aliphatic heterocycles. The molecule has 1 aromatic carbocycles. The second kappa shape index (κ2) is 8.56. The van der Waals surface area contributed by atoms with Gasteiger partial charge < -0.3 is 15.4 Å². The lowest BCUT2D eigenvalue weighted by molar-refractivity contribution is -0.123. The zero-order valence-corrected chi connectivity index (χ0v) is 14.0. The van der Waals surface area contributed by atoms with Crippen molar-refractivity contribution in [1.29, 1.82) is 0 Å². The maximum absolute atomic E-state index is 13.0. The number of amides is 1. The van der Waals surface area contributed by atoms with Crippen LogP contribution >= 0.6 is 24.0 Å². The zero-order valence-electron chi connectivity index (χ0n) is 12.5. The van der Waals surface area contributed by atoms with Crippen molar-refractivity contribution in [2.75, 3.05) is 26.2 Å². The summed E-state index contributed by atoms with van der Waals surface area (Å²) in [5.74, 6) is -0.313. The van der Waals surface area contributed by atoms with E-state index in [4.69, 9.17) is 16.3 Å². The van der Waals surface area contributed by atoms with Gasteiger partial charge in [-0.25, -0.2) is 4.39 Å². The van der Waals surface area contributed by atoms with Crippen LogP contribution in [-0.4, -0.2) is 32.1 Å². The molecule has 0 saturated carbocycles. The molecule has 1 aromatic rings. The first kappa shape index (κ1) is 19.0. The lowest BCUT2D eigenvalue weighted by atomic mass is 9.81. The predicted molar refractivity (Wildman–Crippen MR) is 87.4 cm³/mol. The van der Waals surface area contributed by atoms with E-state index in [1.807, 2.05) is 0 Å². The van der Waals surface area contributed by atoms with Gasteiger partial charge in [-0.2, -0.15) is 0 Å². The molecule has 0 atom stereocenters. The molecule has 2 N–H and O–H groups in total. The molecule has 1 saturated heterocycles. The molecule has 1 heterocycles. The van der Waals surface area contributed by atoms with E-state index in [-0.39, 0.29) is 35.4 Å². The number of ether oxygens (including phenoxy) is 1. The number of benzene rings is 1. The monoisotopic (exact) mass is 350 g/mol. The number of hydrogen-bond donors (Lipinski definition) is 2. The van der Waals surface area contributed by atoms with E-state index in [0.29, 0.717) is 12.3 Å². The molecule has 0 bridgehead atoms. The van der Waals surface area contributed by atoms with E-state index < -0.39 is 5.82 Å². The fourth-order valence-corrected chi connectivity index (χ4v) is 2.46. The summed E-state index contributed by atoms with van der Waals surface area (Å²) in [5, 5.41) is 6.18. The quantitative estimate of drug-likeness (QED) is 0.858. The molecule has 22 heavy (non-hydrogen) atoms. The molecule has 1 amide bonds. The zero-order chi connectivity index (χ0) is 15.3. The standard InChI is InChI=1S/C15H20ClFN2O2.ClH/c1-15(4-6-18-7-5-15)10-19-14(20)9-21-11-2-3-13(17)12(16)8-11;/h2-3,8,18H,4-7,9-10H2,1H3,(H,19,20);1H. The van der Waals surface area contributed by atoms with E-state index >= 15 is 0 Å². The van der Waals surface area contributed by atoms with Crippen LogP contribution in [0.2, 0.25) is 5.02 Å². The summed E-state index contributed by atoms with van der Waals surface area (Å²) in [6.45, 7) is 4.68. The van der Waals surface area contributed by atoms with Gasteiger partial charge in [-0.15, -0.1) is 12.4 Å². The Hall–Kier alpha value is -1.04. The van der Waals surface area contributed by atoms with Crippen molar-refractivity contribution in [3.63, 3.8) is 0 Å². The van der Waals surface area contributed by atoms with Gasteiger partial charge >= 0.3 is 0 Å². The van der Waals surface area contributed by atoms with Crippen molar-refractivity contribution < 1.29 is 13.9 Å². The molecule has 0 aromatic heterocycles.